The summed E-state index contributed by atoms with van der Waals surface area (Å²) in [7, 11) is 1.77. The van der Waals surface area contributed by atoms with Crippen molar-refractivity contribution in [3.05, 3.63) is 46.4 Å². The van der Waals surface area contributed by atoms with Gasteiger partial charge in [0, 0.05) is 13.7 Å². The van der Waals surface area contributed by atoms with Crippen molar-refractivity contribution in [1.82, 2.24) is 14.7 Å². The molecule has 2 atom stereocenters. The first-order valence-electron chi connectivity index (χ1n) is 10.0. The Kier molecular flexibility index (Phi) is 7.38. The number of hydrogen-bond acceptors (Lipinski definition) is 5. The molecule has 0 radical (unpaired) electrons. The van der Waals surface area contributed by atoms with E-state index in [2.05, 4.69) is 10.6 Å². The number of rotatable bonds is 7. The minimum Gasteiger partial charge on any atom is -0.379 e. The number of anilines is 1. The molecule has 3 rings (SSSR count). The van der Waals surface area contributed by atoms with Gasteiger partial charge in [-0.3, -0.25) is 19.1 Å². The Labute approximate surface area is 180 Å². The molecule has 30 heavy (non-hydrogen) atoms. The first-order chi connectivity index (χ1) is 14.4. The highest BCUT2D eigenvalue weighted by molar-refractivity contribution is 8.01. The van der Waals surface area contributed by atoms with Crippen LogP contribution in [0.5, 0.6) is 0 Å². The van der Waals surface area contributed by atoms with Gasteiger partial charge in [0.2, 0.25) is 11.8 Å². The number of carbonyl (C=O) groups excluding carboxylic acids is 2. The number of aromatic nitrogens is 2. The van der Waals surface area contributed by atoms with Gasteiger partial charge < -0.3 is 15.4 Å². The lowest BCUT2D eigenvalue weighted by molar-refractivity contribution is -0.120. The highest BCUT2D eigenvalue weighted by Crippen LogP contribution is 2.17. The number of nitrogens with zero attached hydrogens (tertiary/aromatic N) is 2. The summed E-state index contributed by atoms with van der Waals surface area (Å²) in [6.07, 6.45) is 1.85. The molecule has 2 unspecified atom stereocenters. The van der Waals surface area contributed by atoms with Crippen LogP contribution in [0.25, 0.3) is 5.69 Å². The molecule has 8 nitrogen and oxygen atoms in total. The number of hydrogen-bond donors (Lipinski definition) is 2. The van der Waals surface area contributed by atoms with Gasteiger partial charge in [0.25, 0.3) is 5.56 Å². The zero-order valence-electron chi connectivity index (χ0n) is 17.5. The van der Waals surface area contributed by atoms with E-state index in [1.165, 1.54) is 16.4 Å². The van der Waals surface area contributed by atoms with E-state index in [4.69, 9.17) is 4.74 Å². The summed E-state index contributed by atoms with van der Waals surface area (Å²) in [5, 5.41) is 5.20. The molecular formula is C21H28N4O4S. The molecule has 0 saturated carbocycles. The van der Waals surface area contributed by atoms with Crippen LogP contribution < -0.4 is 16.2 Å². The minimum atomic E-state index is -0.484. The number of amides is 2. The predicted octanol–water partition coefficient (Wildman–Crippen LogP) is 1.84. The predicted molar refractivity (Wildman–Crippen MR) is 118 cm³/mol. The first kappa shape index (κ1) is 22.2. The molecular weight excluding hydrogens is 404 g/mol. The van der Waals surface area contributed by atoms with E-state index in [0.717, 1.165) is 25.1 Å². The number of ether oxygens (including phenoxy) is 1. The van der Waals surface area contributed by atoms with Gasteiger partial charge in [-0.25, -0.2) is 4.68 Å². The molecule has 1 aromatic carbocycles. The molecule has 0 bridgehead atoms. The normalized spacial score (nSPS) is 17.4. The van der Waals surface area contributed by atoms with Gasteiger partial charge in [-0.1, -0.05) is 18.2 Å². The summed E-state index contributed by atoms with van der Waals surface area (Å²) < 4.78 is 8.59. The van der Waals surface area contributed by atoms with E-state index in [1.807, 2.05) is 30.3 Å². The van der Waals surface area contributed by atoms with E-state index in [-0.39, 0.29) is 34.9 Å². The quantitative estimate of drug-likeness (QED) is 0.696. The molecule has 1 aliphatic heterocycles. The van der Waals surface area contributed by atoms with Crippen LogP contribution in [0.3, 0.4) is 0 Å². The van der Waals surface area contributed by atoms with Gasteiger partial charge in [0.05, 0.1) is 35.0 Å². The average Bonchev–Trinajstić information content (AvgIpc) is 2.96. The molecule has 9 heteroatoms. The Balaban J connectivity index is 1.60. The second-order valence-electron chi connectivity index (χ2n) is 7.36. The fourth-order valence-corrected chi connectivity index (χ4v) is 4.03. The van der Waals surface area contributed by atoms with Crippen molar-refractivity contribution in [3.63, 3.8) is 0 Å². The standard InChI is InChI=1S/C21H28N4O4S/c1-14-19(21(28)25(24(14)3)17-9-5-4-6-10-17)23-20(27)15(2)30-13-18(26)22-16-8-7-11-29-12-16/h4-6,9-10,15-16H,7-8,11-13H2,1-3H3,(H,22,26)(H,23,27). The SMILES string of the molecule is Cc1c(NC(=O)C(C)SCC(=O)NC2CCCOC2)c(=O)n(-c2ccccc2)n1C. The number of thioether (sulfide) groups is 1. The van der Waals surface area contributed by atoms with E-state index in [0.29, 0.717) is 12.3 Å². The first-order valence-corrected chi connectivity index (χ1v) is 11.1. The highest BCUT2D eigenvalue weighted by atomic mass is 32.2. The number of para-hydroxylation sites is 1. The fourth-order valence-electron chi connectivity index (χ4n) is 3.34. The molecule has 1 aliphatic rings. The monoisotopic (exact) mass is 432 g/mol. The van der Waals surface area contributed by atoms with Crippen molar-refractivity contribution >= 4 is 29.3 Å². The smallest absolute Gasteiger partial charge is 0.295 e. The summed E-state index contributed by atoms with van der Waals surface area (Å²) >= 11 is 1.24. The zero-order valence-corrected chi connectivity index (χ0v) is 18.3. The average molecular weight is 433 g/mol. The molecule has 0 spiro atoms. The lowest BCUT2D eigenvalue weighted by Crippen LogP contribution is -2.41. The summed E-state index contributed by atoms with van der Waals surface area (Å²) in [5.41, 5.74) is 1.34. The van der Waals surface area contributed by atoms with Crippen molar-refractivity contribution in [2.75, 3.05) is 24.3 Å². The maximum absolute atomic E-state index is 12.9. The topological polar surface area (TPSA) is 94.4 Å². The molecule has 2 heterocycles. The summed E-state index contributed by atoms with van der Waals surface area (Å²) in [6, 6.07) is 9.29. The lowest BCUT2D eigenvalue weighted by atomic mass is 10.1. The number of benzene rings is 1. The van der Waals surface area contributed by atoms with E-state index < -0.39 is 5.25 Å². The van der Waals surface area contributed by atoms with Crippen LogP contribution in [-0.4, -0.2) is 51.4 Å². The fraction of sp³-hybridized carbons (Fsp3) is 0.476. The maximum atomic E-state index is 12.9. The molecule has 2 N–H and O–H groups in total. The third-order valence-corrected chi connectivity index (χ3v) is 6.30. The van der Waals surface area contributed by atoms with E-state index in [1.54, 1.807) is 25.6 Å². The number of carbonyl (C=O) groups is 2. The molecule has 2 amide bonds. The third kappa shape index (κ3) is 5.14. The summed E-state index contributed by atoms with van der Waals surface area (Å²) in [5.74, 6) is -0.245. The van der Waals surface area contributed by atoms with E-state index in [9.17, 15) is 14.4 Å². The van der Waals surface area contributed by atoms with Crippen LogP contribution in [0.4, 0.5) is 5.69 Å². The summed E-state index contributed by atoms with van der Waals surface area (Å²) in [6.45, 7) is 4.79. The largest absolute Gasteiger partial charge is 0.379 e. The van der Waals surface area contributed by atoms with Crippen LogP contribution in [0, 0.1) is 6.92 Å². The van der Waals surface area contributed by atoms with Crippen molar-refractivity contribution < 1.29 is 14.3 Å². The molecule has 0 aliphatic carbocycles. The van der Waals surface area contributed by atoms with Crippen LogP contribution >= 0.6 is 11.8 Å². The molecule has 1 fully saturated rings. The van der Waals surface area contributed by atoms with Gasteiger partial charge in [-0.05, 0) is 38.8 Å². The molecule has 1 saturated heterocycles. The summed E-state index contributed by atoms with van der Waals surface area (Å²) in [4.78, 5) is 37.7. The van der Waals surface area contributed by atoms with Crippen molar-refractivity contribution in [1.29, 1.82) is 0 Å². The Morgan fingerprint density at radius 3 is 2.70 bits per heavy atom. The van der Waals surface area contributed by atoms with Crippen LogP contribution in [-0.2, 0) is 21.4 Å². The van der Waals surface area contributed by atoms with Gasteiger partial charge >= 0.3 is 0 Å². The van der Waals surface area contributed by atoms with Gasteiger partial charge in [0.15, 0.2) is 0 Å². The Bertz CT molecular complexity index is 948. The molecule has 162 valence electrons. The van der Waals surface area contributed by atoms with Crippen molar-refractivity contribution in [3.8, 4) is 5.69 Å². The van der Waals surface area contributed by atoms with Crippen molar-refractivity contribution in [2.24, 2.45) is 7.05 Å². The van der Waals surface area contributed by atoms with Gasteiger partial charge in [-0.15, -0.1) is 11.8 Å². The van der Waals surface area contributed by atoms with Crippen LogP contribution in [0.1, 0.15) is 25.5 Å². The molecule has 1 aromatic heterocycles. The Morgan fingerprint density at radius 1 is 1.30 bits per heavy atom. The second kappa shape index (κ2) is 9.99. The van der Waals surface area contributed by atoms with E-state index >= 15 is 0 Å². The lowest BCUT2D eigenvalue weighted by Gasteiger charge is -2.23. The van der Waals surface area contributed by atoms with Gasteiger partial charge in [-0.2, -0.15) is 0 Å². The zero-order chi connectivity index (χ0) is 21.7. The van der Waals surface area contributed by atoms with Crippen LogP contribution in [0.2, 0.25) is 0 Å². The van der Waals surface area contributed by atoms with Crippen molar-refractivity contribution in [2.45, 2.75) is 38.0 Å². The van der Waals surface area contributed by atoms with Gasteiger partial charge in [0.1, 0.15) is 5.69 Å². The van der Waals surface area contributed by atoms with Crippen LogP contribution in [0.15, 0.2) is 35.1 Å². The minimum absolute atomic E-state index is 0.0411. The number of nitrogens with one attached hydrogen (secondary N) is 2. The maximum Gasteiger partial charge on any atom is 0.295 e. The Hall–Kier alpha value is -2.52. The second-order valence-corrected chi connectivity index (χ2v) is 8.69. The third-order valence-electron chi connectivity index (χ3n) is 5.16. The highest BCUT2D eigenvalue weighted by Gasteiger charge is 2.22. The Morgan fingerprint density at radius 2 is 2.03 bits per heavy atom. The molecule has 2 aromatic rings.